The van der Waals surface area contributed by atoms with E-state index in [4.69, 9.17) is 4.74 Å². The Kier molecular flexibility index (Phi) is 6.61. The topological polar surface area (TPSA) is 127 Å². The molecule has 1 aromatic heterocycles. The molecule has 1 heterocycles. The average Bonchev–Trinajstić information content (AvgIpc) is 3.03. The minimum Gasteiger partial charge on any atom is -0.502 e. The monoisotopic (exact) mass is 378 g/mol. The molecule has 0 aliphatic carbocycles. The molecule has 0 saturated heterocycles. The van der Waals surface area contributed by atoms with Crippen molar-refractivity contribution in [3.8, 4) is 5.75 Å². The number of nitro groups is 1. The summed E-state index contributed by atoms with van der Waals surface area (Å²) < 4.78 is 4.85. The van der Waals surface area contributed by atoms with Crippen LogP contribution < -0.4 is 5.43 Å². The number of aromatic nitrogens is 1. The van der Waals surface area contributed by atoms with E-state index in [0.717, 1.165) is 0 Å². The summed E-state index contributed by atoms with van der Waals surface area (Å²) in [6.07, 6.45) is 1.94. The van der Waals surface area contributed by atoms with Gasteiger partial charge in [0.25, 0.3) is 0 Å². The summed E-state index contributed by atoms with van der Waals surface area (Å²) >= 11 is 1.25. The molecule has 10 heteroatoms. The lowest BCUT2D eigenvalue weighted by molar-refractivity contribution is -0.385. The largest absolute Gasteiger partial charge is 0.502 e. The van der Waals surface area contributed by atoms with Gasteiger partial charge < -0.3 is 9.84 Å². The van der Waals surface area contributed by atoms with Gasteiger partial charge in [0.15, 0.2) is 0 Å². The number of rotatable bonds is 8. The molecule has 2 N–H and O–H groups in total. The van der Waals surface area contributed by atoms with Crippen molar-refractivity contribution in [2.24, 2.45) is 5.10 Å². The molecular formula is C16H18N4O5S. The Morgan fingerprint density at radius 3 is 2.92 bits per heavy atom. The summed E-state index contributed by atoms with van der Waals surface area (Å²) in [7, 11) is 0. The van der Waals surface area contributed by atoms with E-state index in [1.807, 2.05) is 6.92 Å². The number of esters is 1. The van der Waals surface area contributed by atoms with Crippen molar-refractivity contribution in [1.82, 2.24) is 4.98 Å². The molecule has 0 aliphatic rings. The molecule has 0 radical (unpaired) electrons. The number of thiazole rings is 1. The summed E-state index contributed by atoms with van der Waals surface area (Å²) in [6, 6.07) is 2.96. The van der Waals surface area contributed by atoms with E-state index in [1.54, 1.807) is 18.4 Å². The van der Waals surface area contributed by atoms with E-state index in [1.165, 1.54) is 23.6 Å². The highest BCUT2D eigenvalue weighted by atomic mass is 32.1. The van der Waals surface area contributed by atoms with E-state index in [2.05, 4.69) is 15.5 Å². The van der Waals surface area contributed by atoms with Crippen LogP contribution in [0.15, 0.2) is 22.6 Å². The number of aromatic hydroxyl groups is 1. The highest BCUT2D eigenvalue weighted by Gasteiger charge is 2.17. The molecule has 0 aliphatic heterocycles. The SMILES string of the molecule is CCOC(=O)Cc1csc(NN=Cc2cc(CC)cc([N+](=O)[O-])c2O)n1. The molecule has 0 atom stereocenters. The highest BCUT2D eigenvalue weighted by molar-refractivity contribution is 7.13. The number of carbonyl (C=O) groups is 1. The van der Waals surface area contributed by atoms with Crippen LogP contribution in [0.5, 0.6) is 5.75 Å². The molecule has 0 fully saturated rings. The maximum absolute atomic E-state index is 11.4. The van der Waals surface area contributed by atoms with Gasteiger partial charge in [-0.05, 0) is 25.0 Å². The van der Waals surface area contributed by atoms with Gasteiger partial charge in [-0.25, -0.2) is 4.98 Å². The number of hydrogen-bond acceptors (Lipinski definition) is 9. The van der Waals surface area contributed by atoms with Crippen LogP contribution in [0.25, 0.3) is 0 Å². The summed E-state index contributed by atoms with van der Waals surface area (Å²) in [4.78, 5) is 26.0. The van der Waals surface area contributed by atoms with Crippen molar-refractivity contribution >= 4 is 34.3 Å². The molecule has 0 spiro atoms. The minimum absolute atomic E-state index is 0.0707. The van der Waals surface area contributed by atoms with Gasteiger partial charge in [0.2, 0.25) is 10.9 Å². The zero-order valence-corrected chi connectivity index (χ0v) is 15.1. The van der Waals surface area contributed by atoms with Crippen LogP contribution in [0.2, 0.25) is 0 Å². The zero-order chi connectivity index (χ0) is 19.1. The zero-order valence-electron chi connectivity index (χ0n) is 14.3. The molecule has 138 valence electrons. The van der Waals surface area contributed by atoms with E-state index < -0.39 is 10.7 Å². The number of nitrogens with one attached hydrogen (secondary N) is 1. The van der Waals surface area contributed by atoms with Crippen molar-refractivity contribution in [3.63, 3.8) is 0 Å². The first-order valence-electron chi connectivity index (χ1n) is 7.84. The van der Waals surface area contributed by atoms with Gasteiger partial charge in [-0.1, -0.05) is 6.92 Å². The molecule has 2 aromatic rings. The Morgan fingerprint density at radius 1 is 1.50 bits per heavy atom. The molecule has 26 heavy (non-hydrogen) atoms. The van der Waals surface area contributed by atoms with Gasteiger partial charge in [0.05, 0.1) is 29.9 Å². The number of benzene rings is 1. The molecule has 0 bridgehead atoms. The Balaban J connectivity index is 2.09. The smallest absolute Gasteiger partial charge is 0.311 e. The van der Waals surface area contributed by atoms with Crippen LogP contribution in [0.3, 0.4) is 0 Å². The number of carbonyl (C=O) groups excluding carboxylic acids is 1. The predicted octanol–water partition coefficient (Wildman–Crippen LogP) is 2.87. The first-order chi connectivity index (χ1) is 12.4. The molecule has 0 unspecified atom stereocenters. The van der Waals surface area contributed by atoms with Crippen LogP contribution in [0.1, 0.15) is 30.7 Å². The van der Waals surface area contributed by atoms with Gasteiger partial charge in [-0.15, -0.1) is 11.3 Å². The normalized spacial score (nSPS) is 10.8. The molecule has 1 aromatic carbocycles. The third-order valence-corrected chi connectivity index (χ3v) is 4.13. The quantitative estimate of drug-likeness (QED) is 0.313. The summed E-state index contributed by atoms with van der Waals surface area (Å²) in [5.41, 5.74) is 3.80. The van der Waals surface area contributed by atoms with Gasteiger partial charge in [0.1, 0.15) is 0 Å². The molecule has 2 rings (SSSR count). The second-order valence-electron chi connectivity index (χ2n) is 5.16. The van der Waals surface area contributed by atoms with Gasteiger partial charge in [0, 0.05) is 17.0 Å². The van der Waals surface area contributed by atoms with Crippen molar-refractivity contribution in [2.45, 2.75) is 26.7 Å². The Labute approximate surface area is 153 Å². The minimum atomic E-state index is -0.637. The first kappa shape index (κ1) is 19.3. The van der Waals surface area contributed by atoms with Crippen LogP contribution in [0, 0.1) is 10.1 Å². The van der Waals surface area contributed by atoms with E-state index in [0.29, 0.717) is 29.4 Å². The maximum Gasteiger partial charge on any atom is 0.311 e. The summed E-state index contributed by atoms with van der Waals surface area (Å²) in [5.74, 6) is -0.804. The average molecular weight is 378 g/mol. The summed E-state index contributed by atoms with van der Waals surface area (Å²) in [6.45, 7) is 3.90. The Hall–Kier alpha value is -3.01. The summed E-state index contributed by atoms with van der Waals surface area (Å²) in [5, 5.41) is 27.1. The fourth-order valence-electron chi connectivity index (χ4n) is 2.10. The van der Waals surface area contributed by atoms with Crippen LogP contribution in [-0.4, -0.2) is 33.8 Å². The van der Waals surface area contributed by atoms with Crippen molar-refractivity contribution in [1.29, 1.82) is 0 Å². The van der Waals surface area contributed by atoms with E-state index in [9.17, 15) is 20.0 Å². The second kappa shape index (κ2) is 8.90. The van der Waals surface area contributed by atoms with Crippen molar-refractivity contribution in [3.05, 3.63) is 44.4 Å². The van der Waals surface area contributed by atoms with Crippen LogP contribution >= 0.6 is 11.3 Å². The van der Waals surface area contributed by atoms with Crippen molar-refractivity contribution in [2.75, 3.05) is 12.0 Å². The number of nitro benzene ring substituents is 1. The maximum atomic E-state index is 11.4. The number of hydrazone groups is 1. The lowest BCUT2D eigenvalue weighted by atomic mass is 10.1. The molecular weight excluding hydrogens is 360 g/mol. The Bertz CT molecular complexity index is 834. The number of ether oxygens (including phenoxy) is 1. The van der Waals surface area contributed by atoms with E-state index >= 15 is 0 Å². The number of phenols is 1. The lowest BCUT2D eigenvalue weighted by Crippen LogP contribution is -2.07. The number of anilines is 1. The van der Waals surface area contributed by atoms with Crippen LogP contribution in [0.4, 0.5) is 10.8 Å². The number of hydrogen-bond donors (Lipinski definition) is 2. The fraction of sp³-hybridized carbons (Fsp3) is 0.312. The number of aryl methyl sites for hydroxylation is 1. The highest BCUT2D eigenvalue weighted by Crippen LogP contribution is 2.30. The lowest BCUT2D eigenvalue weighted by Gasteiger charge is -2.04. The third kappa shape index (κ3) is 4.99. The fourth-order valence-corrected chi connectivity index (χ4v) is 2.76. The van der Waals surface area contributed by atoms with E-state index in [-0.39, 0.29) is 23.6 Å². The van der Waals surface area contributed by atoms with Gasteiger partial charge >= 0.3 is 11.7 Å². The van der Waals surface area contributed by atoms with Crippen molar-refractivity contribution < 1.29 is 19.6 Å². The molecule has 0 saturated carbocycles. The number of nitrogens with zero attached hydrogens (tertiary/aromatic N) is 3. The number of phenolic OH excluding ortho intramolecular Hbond substituents is 1. The third-order valence-electron chi connectivity index (χ3n) is 3.33. The van der Waals surface area contributed by atoms with Gasteiger partial charge in [-0.3, -0.25) is 20.3 Å². The molecule has 0 amide bonds. The standard InChI is InChI=1S/C16H18N4O5S/c1-3-10-5-11(15(22)13(6-10)20(23)24)8-17-19-16-18-12(9-26-16)7-14(21)25-4-2/h5-6,8-9,22H,3-4,7H2,1-2H3,(H,18,19). The second-order valence-corrected chi connectivity index (χ2v) is 6.02. The van der Waals surface area contributed by atoms with Gasteiger partial charge in [-0.2, -0.15) is 5.10 Å². The molecule has 9 nitrogen and oxygen atoms in total. The Morgan fingerprint density at radius 2 is 2.27 bits per heavy atom. The predicted molar refractivity (Wildman–Crippen MR) is 97.8 cm³/mol. The first-order valence-corrected chi connectivity index (χ1v) is 8.71. The van der Waals surface area contributed by atoms with Crippen LogP contribution in [-0.2, 0) is 22.4 Å².